The molecule has 8 heteroatoms. The Hall–Kier alpha value is -1.06. The molecule has 0 fully saturated rings. The average molecular weight is 387 g/mol. The lowest BCUT2D eigenvalue weighted by Gasteiger charge is -2.36. The second-order valence-corrected chi connectivity index (χ2v) is 12.9. The van der Waals surface area contributed by atoms with E-state index in [1.807, 2.05) is 6.92 Å². The molecule has 1 heterocycles. The van der Waals surface area contributed by atoms with Crippen molar-refractivity contribution in [1.29, 1.82) is 0 Å². The highest BCUT2D eigenvalue weighted by atomic mass is 28.4. The van der Waals surface area contributed by atoms with Gasteiger partial charge in [-0.15, -0.1) is 0 Å². The van der Waals surface area contributed by atoms with Gasteiger partial charge in [-0.05, 0) is 31.5 Å². The zero-order valence-corrected chi connectivity index (χ0v) is 18.1. The molecule has 0 unspecified atom stereocenters. The molecule has 2 atom stereocenters. The van der Waals surface area contributed by atoms with Gasteiger partial charge in [-0.3, -0.25) is 4.79 Å². The minimum Gasteiger partial charge on any atom is -0.417 e. The molecule has 0 bridgehead atoms. The van der Waals surface area contributed by atoms with E-state index in [0.717, 1.165) is 0 Å². The molecule has 0 spiro atoms. The summed E-state index contributed by atoms with van der Waals surface area (Å²) in [5.74, 6) is -0.0175. The van der Waals surface area contributed by atoms with Crippen LogP contribution in [0, 0.1) is 0 Å². The zero-order valence-electron chi connectivity index (χ0n) is 17.1. The van der Waals surface area contributed by atoms with Crippen molar-refractivity contribution in [2.24, 2.45) is 0 Å². The minimum absolute atomic E-state index is 0.0883. The summed E-state index contributed by atoms with van der Waals surface area (Å²) in [4.78, 5) is 15.9. The molecule has 0 aromatic carbocycles. The van der Waals surface area contributed by atoms with Crippen LogP contribution < -0.4 is 0 Å². The van der Waals surface area contributed by atoms with E-state index in [1.54, 1.807) is 10.8 Å². The quantitative estimate of drug-likeness (QED) is 0.474. The first kappa shape index (κ1) is 23.0. The third-order valence-corrected chi connectivity index (χ3v) is 9.43. The normalized spacial score (nSPS) is 15.1. The van der Waals surface area contributed by atoms with E-state index in [2.05, 4.69) is 38.8 Å². The monoisotopic (exact) mass is 386 g/mol. The lowest BCUT2D eigenvalue weighted by molar-refractivity contribution is 0.00284. The van der Waals surface area contributed by atoms with Crippen LogP contribution in [0.5, 0.6) is 0 Å². The van der Waals surface area contributed by atoms with Crippen molar-refractivity contribution in [3.63, 3.8) is 0 Å². The number of hydrogen-bond acceptors (Lipinski definition) is 6. The summed E-state index contributed by atoms with van der Waals surface area (Å²) < 4.78 is 12.9. The highest BCUT2D eigenvalue weighted by molar-refractivity contribution is 6.74. The van der Waals surface area contributed by atoms with E-state index < -0.39 is 20.5 Å². The molecule has 150 valence electrons. The number of aliphatic hydroxyl groups excluding tert-OH is 2. The fourth-order valence-electron chi connectivity index (χ4n) is 2.15. The highest BCUT2D eigenvalue weighted by Gasteiger charge is 2.37. The van der Waals surface area contributed by atoms with Gasteiger partial charge in [0.1, 0.15) is 12.8 Å². The summed E-state index contributed by atoms with van der Waals surface area (Å²) in [6.07, 6.45) is -0.356. The van der Waals surface area contributed by atoms with Crippen molar-refractivity contribution in [3.05, 3.63) is 17.7 Å². The lowest BCUT2D eigenvalue weighted by Crippen LogP contribution is -2.41. The van der Waals surface area contributed by atoms with Crippen molar-refractivity contribution in [2.45, 2.75) is 78.1 Å². The second-order valence-electron chi connectivity index (χ2n) is 8.05. The Labute approximate surface area is 157 Å². The molecule has 0 radical (unpaired) electrons. The largest absolute Gasteiger partial charge is 0.417 e. The third-order valence-electron chi connectivity index (χ3n) is 4.89. The van der Waals surface area contributed by atoms with Crippen molar-refractivity contribution in [1.82, 2.24) is 9.55 Å². The number of hydrogen-bond donors (Lipinski definition) is 2. The highest BCUT2D eigenvalue weighted by Crippen LogP contribution is 2.36. The maximum atomic E-state index is 11.7. The van der Waals surface area contributed by atoms with Crippen LogP contribution in [0.4, 0.5) is 0 Å². The molecule has 2 N–H and O–H groups in total. The fraction of sp³-hybridized carbons (Fsp3) is 0.778. The molecular formula is C18H34N2O5Si. The van der Waals surface area contributed by atoms with Gasteiger partial charge in [0.15, 0.2) is 19.9 Å². The zero-order chi connectivity index (χ0) is 20.1. The van der Waals surface area contributed by atoms with Crippen LogP contribution in [0.1, 0.15) is 63.5 Å². The van der Waals surface area contributed by atoms with Crippen molar-refractivity contribution in [3.8, 4) is 0 Å². The first-order valence-corrected chi connectivity index (χ1v) is 12.0. The SMILES string of the molecule is CCOCn1cc([C@H](O)[C@@H](O)CCO[Si](C)(C)C(C)(C)C)nc1C(C)=O. The van der Waals surface area contributed by atoms with Gasteiger partial charge >= 0.3 is 0 Å². The smallest absolute Gasteiger partial charge is 0.195 e. The van der Waals surface area contributed by atoms with E-state index >= 15 is 0 Å². The number of carbonyl (C=O) groups excluding carboxylic acids is 1. The van der Waals surface area contributed by atoms with Gasteiger partial charge in [-0.1, -0.05) is 20.8 Å². The molecule has 0 aliphatic carbocycles. The number of nitrogens with zero attached hydrogens (tertiary/aromatic N) is 2. The predicted molar refractivity (Wildman–Crippen MR) is 103 cm³/mol. The number of ether oxygens (including phenoxy) is 1. The summed E-state index contributed by atoms with van der Waals surface area (Å²) in [5.41, 5.74) is 0.259. The molecule has 0 saturated heterocycles. The number of rotatable bonds is 10. The maximum absolute atomic E-state index is 11.7. The summed E-state index contributed by atoms with van der Waals surface area (Å²) in [6, 6.07) is 0. The maximum Gasteiger partial charge on any atom is 0.195 e. The lowest BCUT2D eigenvalue weighted by atomic mass is 10.1. The van der Waals surface area contributed by atoms with Gasteiger partial charge in [0.2, 0.25) is 0 Å². The van der Waals surface area contributed by atoms with Crippen LogP contribution in [0.25, 0.3) is 0 Å². The number of imidazole rings is 1. The van der Waals surface area contributed by atoms with Gasteiger partial charge in [-0.25, -0.2) is 4.98 Å². The molecule has 1 aromatic rings. The van der Waals surface area contributed by atoms with Crippen molar-refractivity contribution in [2.75, 3.05) is 13.2 Å². The number of ketones is 1. The van der Waals surface area contributed by atoms with E-state index in [9.17, 15) is 15.0 Å². The van der Waals surface area contributed by atoms with E-state index in [0.29, 0.717) is 19.6 Å². The number of aromatic nitrogens is 2. The Morgan fingerprint density at radius 3 is 2.46 bits per heavy atom. The molecule has 0 amide bonds. The predicted octanol–water partition coefficient (Wildman–Crippen LogP) is 2.89. The van der Waals surface area contributed by atoms with Crippen molar-refractivity contribution >= 4 is 14.1 Å². The van der Waals surface area contributed by atoms with Crippen LogP contribution in [-0.4, -0.2) is 53.2 Å². The van der Waals surface area contributed by atoms with Gasteiger partial charge in [0, 0.05) is 26.3 Å². The first-order chi connectivity index (χ1) is 11.9. The molecule has 0 aliphatic heterocycles. The molecule has 0 saturated carbocycles. The molecule has 1 aromatic heterocycles. The molecular weight excluding hydrogens is 352 g/mol. The van der Waals surface area contributed by atoms with Crippen LogP contribution in [-0.2, 0) is 15.9 Å². The summed E-state index contributed by atoms with van der Waals surface area (Å²) in [5, 5.41) is 20.8. The summed E-state index contributed by atoms with van der Waals surface area (Å²) in [6.45, 7) is 15.0. The average Bonchev–Trinajstić information content (AvgIpc) is 2.95. The Kier molecular flexibility index (Phi) is 8.16. The molecule has 7 nitrogen and oxygen atoms in total. The van der Waals surface area contributed by atoms with Crippen LogP contribution in [0.15, 0.2) is 6.20 Å². The Morgan fingerprint density at radius 1 is 1.35 bits per heavy atom. The Morgan fingerprint density at radius 2 is 1.96 bits per heavy atom. The number of aliphatic hydroxyl groups is 2. The van der Waals surface area contributed by atoms with Gasteiger partial charge in [0.25, 0.3) is 0 Å². The van der Waals surface area contributed by atoms with E-state index in [1.165, 1.54) is 6.92 Å². The van der Waals surface area contributed by atoms with Crippen LogP contribution in [0.3, 0.4) is 0 Å². The van der Waals surface area contributed by atoms with E-state index in [4.69, 9.17) is 9.16 Å². The second kappa shape index (κ2) is 9.23. The first-order valence-electron chi connectivity index (χ1n) is 9.06. The fourth-order valence-corrected chi connectivity index (χ4v) is 3.22. The van der Waals surface area contributed by atoms with Gasteiger partial charge in [0.05, 0.1) is 11.8 Å². The van der Waals surface area contributed by atoms with Crippen LogP contribution in [0.2, 0.25) is 18.1 Å². The molecule has 1 rings (SSSR count). The van der Waals surface area contributed by atoms with E-state index in [-0.39, 0.29) is 29.1 Å². The minimum atomic E-state index is -1.89. The standard InChI is InChI=1S/C18H34N2O5Si/c1-8-24-12-20-11-14(19-17(20)13(2)21)16(23)15(22)9-10-25-26(6,7)18(3,4)5/h11,15-16,22-23H,8-10,12H2,1-7H3/t15-,16-/m0/s1. The Bertz CT molecular complexity index is 595. The van der Waals surface area contributed by atoms with Gasteiger partial charge < -0.3 is 23.9 Å². The number of carbonyl (C=O) groups is 1. The van der Waals surface area contributed by atoms with Gasteiger partial charge in [-0.2, -0.15) is 0 Å². The summed E-state index contributed by atoms with van der Waals surface area (Å²) in [7, 11) is -1.89. The van der Waals surface area contributed by atoms with Crippen molar-refractivity contribution < 1.29 is 24.2 Å². The summed E-state index contributed by atoms with van der Waals surface area (Å²) >= 11 is 0. The third kappa shape index (κ3) is 5.99. The molecule has 0 aliphatic rings. The van der Waals surface area contributed by atoms with Crippen LogP contribution >= 0.6 is 0 Å². The topological polar surface area (TPSA) is 93.8 Å². The molecule has 26 heavy (non-hydrogen) atoms. The number of Topliss-reactive ketones (excluding diaryl/α,β-unsaturated/α-hetero) is 1. The Balaban J connectivity index is 2.73.